The zero-order valence-corrected chi connectivity index (χ0v) is 17.2. The molecule has 2 N–H and O–H groups in total. The smallest absolute Gasteiger partial charge is 0.251 e. The lowest BCUT2D eigenvalue weighted by atomic mass is 9.55. The van der Waals surface area contributed by atoms with Crippen LogP contribution in [-0.2, 0) is 10.2 Å². The first-order valence-electron chi connectivity index (χ1n) is 10.4. The molecule has 1 amide bonds. The molecule has 29 heavy (non-hydrogen) atoms. The largest absolute Gasteiger partial charge is 0.508 e. The van der Waals surface area contributed by atoms with Gasteiger partial charge in [0, 0.05) is 30.7 Å². The second-order valence-corrected chi connectivity index (χ2v) is 8.60. The van der Waals surface area contributed by atoms with Gasteiger partial charge in [-0.15, -0.1) is 0 Å². The molecule has 0 aromatic heterocycles. The Morgan fingerprint density at radius 1 is 1.17 bits per heavy atom. The van der Waals surface area contributed by atoms with Crippen molar-refractivity contribution in [3.8, 4) is 5.75 Å². The topological polar surface area (TPSA) is 61.8 Å². The average molecular weight is 395 g/mol. The van der Waals surface area contributed by atoms with Crippen molar-refractivity contribution in [3.05, 3.63) is 65.7 Å². The maximum Gasteiger partial charge on any atom is 0.251 e. The lowest BCUT2D eigenvalue weighted by molar-refractivity contribution is -0.144. The summed E-state index contributed by atoms with van der Waals surface area (Å²) in [5.41, 5.74) is 1.21. The Morgan fingerprint density at radius 2 is 1.97 bits per heavy atom. The van der Waals surface area contributed by atoms with Gasteiger partial charge in [-0.1, -0.05) is 30.3 Å². The molecule has 0 radical (unpaired) electrons. The summed E-state index contributed by atoms with van der Waals surface area (Å²) in [5, 5.41) is 13.4. The molecule has 2 aromatic rings. The second-order valence-electron chi connectivity index (χ2n) is 8.60. The second kappa shape index (κ2) is 7.81. The van der Waals surface area contributed by atoms with Crippen molar-refractivity contribution in [2.24, 2.45) is 0 Å². The molecule has 4 rings (SSSR count). The van der Waals surface area contributed by atoms with Gasteiger partial charge in [-0.05, 0) is 69.1 Å². The van der Waals surface area contributed by atoms with E-state index in [4.69, 9.17) is 4.74 Å². The molecule has 5 heteroatoms. The number of carbonyl (C=O) groups excluding carboxylic acids is 1. The van der Waals surface area contributed by atoms with Crippen molar-refractivity contribution in [2.45, 2.75) is 42.7 Å². The van der Waals surface area contributed by atoms with Gasteiger partial charge in [0.05, 0.1) is 5.60 Å². The summed E-state index contributed by atoms with van der Waals surface area (Å²) in [6, 6.07) is 17.0. The van der Waals surface area contributed by atoms with Crippen LogP contribution in [0.1, 0.15) is 41.6 Å². The lowest BCUT2D eigenvalue weighted by Gasteiger charge is -2.59. The average Bonchev–Trinajstić information content (AvgIpc) is 2.74. The van der Waals surface area contributed by atoms with E-state index >= 15 is 0 Å². The molecule has 5 nitrogen and oxygen atoms in total. The Hall–Kier alpha value is -2.37. The molecule has 1 aliphatic carbocycles. The van der Waals surface area contributed by atoms with Crippen LogP contribution in [-0.4, -0.2) is 54.8 Å². The Labute approximate surface area is 172 Å². The molecule has 0 bridgehead atoms. The van der Waals surface area contributed by atoms with Crippen LogP contribution in [0.4, 0.5) is 0 Å². The number of phenolic OH excluding ortho intramolecular Hbond substituents is 1. The van der Waals surface area contributed by atoms with E-state index < -0.39 is 0 Å². The zero-order valence-electron chi connectivity index (χ0n) is 17.2. The minimum atomic E-state index is -0.332. The third-order valence-electron chi connectivity index (χ3n) is 6.97. The van der Waals surface area contributed by atoms with E-state index in [0.717, 1.165) is 44.3 Å². The van der Waals surface area contributed by atoms with Crippen LogP contribution in [0.3, 0.4) is 0 Å². The summed E-state index contributed by atoms with van der Waals surface area (Å²) in [4.78, 5) is 15.1. The number of likely N-dealkylation sites (N-methyl/N-ethyl adjacent to an activating group) is 1. The summed E-state index contributed by atoms with van der Waals surface area (Å²) in [6.07, 6.45) is 3.47. The van der Waals surface area contributed by atoms with Gasteiger partial charge in [-0.3, -0.25) is 4.79 Å². The van der Waals surface area contributed by atoms with Crippen LogP contribution in [0.25, 0.3) is 0 Å². The van der Waals surface area contributed by atoms with Gasteiger partial charge < -0.3 is 20.1 Å². The van der Waals surface area contributed by atoms with Crippen LogP contribution >= 0.6 is 0 Å². The molecule has 1 aliphatic heterocycles. The number of nitrogens with zero attached hydrogens (tertiary/aromatic N) is 1. The minimum Gasteiger partial charge on any atom is -0.508 e. The third-order valence-corrected chi connectivity index (χ3v) is 6.97. The predicted molar refractivity (Wildman–Crippen MR) is 113 cm³/mol. The van der Waals surface area contributed by atoms with Crippen LogP contribution < -0.4 is 5.32 Å². The fraction of sp³-hybridized carbons (Fsp3) is 0.458. The van der Waals surface area contributed by atoms with E-state index in [0.29, 0.717) is 5.56 Å². The molecule has 2 aliphatic rings. The van der Waals surface area contributed by atoms with Gasteiger partial charge in [-0.2, -0.15) is 0 Å². The Kier molecular flexibility index (Phi) is 5.36. The molecule has 1 saturated heterocycles. The Bertz CT molecular complexity index is 871. The molecule has 3 atom stereocenters. The number of carbonyl (C=O) groups is 1. The first kappa shape index (κ1) is 19.9. The summed E-state index contributed by atoms with van der Waals surface area (Å²) in [6.45, 7) is 1.80. The van der Waals surface area contributed by atoms with Gasteiger partial charge in [0.1, 0.15) is 5.75 Å². The molecular formula is C24H30N2O3. The number of methoxy groups -OCH3 is 1. The van der Waals surface area contributed by atoms with Crippen molar-refractivity contribution in [1.29, 1.82) is 0 Å². The highest BCUT2D eigenvalue weighted by molar-refractivity contribution is 5.94. The fourth-order valence-electron chi connectivity index (χ4n) is 5.48. The van der Waals surface area contributed by atoms with Gasteiger partial charge in [0.25, 0.3) is 5.91 Å². The summed E-state index contributed by atoms with van der Waals surface area (Å²) < 4.78 is 6.25. The number of ether oxygens (including phenoxy) is 1. The maximum atomic E-state index is 12.8. The van der Waals surface area contributed by atoms with Crippen LogP contribution in [0.5, 0.6) is 5.75 Å². The van der Waals surface area contributed by atoms with Crippen LogP contribution in [0.2, 0.25) is 0 Å². The number of nitrogens with one attached hydrogen (secondary N) is 1. The normalized spacial score (nSPS) is 29.8. The highest BCUT2D eigenvalue weighted by atomic mass is 16.5. The van der Waals surface area contributed by atoms with E-state index in [1.54, 1.807) is 13.2 Å². The maximum absolute atomic E-state index is 12.8. The number of phenols is 1. The van der Waals surface area contributed by atoms with E-state index in [2.05, 4.69) is 23.3 Å². The number of likely N-dealkylation sites (tertiary alicyclic amines) is 1. The van der Waals surface area contributed by atoms with E-state index in [1.165, 1.54) is 0 Å². The van der Waals surface area contributed by atoms with E-state index in [9.17, 15) is 9.90 Å². The third kappa shape index (κ3) is 3.53. The molecular weight excluding hydrogens is 364 g/mol. The number of piperidine rings is 1. The molecule has 1 heterocycles. The number of hydrogen-bond donors (Lipinski definition) is 2. The van der Waals surface area contributed by atoms with Gasteiger partial charge in [-0.25, -0.2) is 0 Å². The highest BCUT2D eigenvalue weighted by Gasteiger charge is 2.58. The lowest BCUT2D eigenvalue weighted by Crippen LogP contribution is -2.67. The monoisotopic (exact) mass is 394 g/mol. The van der Waals surface area contributed by atoms with Gasteiger partial charge in [0.15, 0.2) is 0 Å². The van der Waals surface area contributed by atoms with Crippen LogP contribution in [0, 0.1) is 0 Å². The van der Waals surface area contributed by atoms with Crippen molar-refractivity contribution >= 4 is 5.91 Å². The van der Waals surface area contributed by atoms with E-state index in [-0.39, 0.29) is 28.7 Å². The highest BCUT2D eigenvalue weighted by Crippen LogP contribution is 2.53. The molecule has 1 saturated carbocycles. The minimum absolute atomic E-state index is 0.0282. The van der Waals surface area contributed by atoms with Crippen molar-refractivity contribution in [1.82, 2.24) is 10.2 Å². The first-order chi connectivity index (χ1) is 14.0. The molecule has 0 spiro atoms. The Morgan fingerprint density at radius 3 is 2.69 bits per heavy atom. The standard InChI is InChI=1S/C24H30N2O3/c1-26-14-13-23(19-9-6-10-21(27)15-19)16-20(11-12-24(23,17-26)29-2)25-22(28)18-7-4-3-5-8-18/h3-10,15,20,27H,11-14,16-17H2,1-2H3,(H,25,28)/t20-,23?,24?/m0/s1. The first-order valence-corrected chi connectivity index (χ1v) is 10.4. The number of rotatable bonds is 4. The fourth-order valence-corrected chi connectivity index (χ4v) is 5.48. The quantitative estimate of drug-likeness (QED) is 0.835. The van der Waals surface area contributed by atoms with Crippen molar-refractivity contribution in [3.63, 3.8) is 0 Å². The molecule has 2 fully saturated rings. The van der Waals surface area contributed by atoms with Gasteiger partial charge >= 0.3 is 0 Å². The SMILES string of the molecule is COC12CC[C@H](NC(=O)c3ccccc3)CC1(c1cccc(O)c1)CCN(C)C2. The number of aromatic hydroxyl groups is 1. The number of hydrogen-bond acceptors (Lipinski definition) is 4. The van der Waals surface area contributed by atoms with Crippen molar-refractivity contribution in [2.75, 3.05) is 27.2 Å². The number of fused-ring (bicyclic) bond motifs is 1. The molecule has 154 valence electrons. The zero-order chi connectivity index (χ0) is 20.5. The Balaban J connectivity index is 1.67. The number of amides is 1. The van der Waals surface area contributed by atoms with Crippen LogP contribution in [0.15, 0.2) is 54.6 Å². The predicted octanol–water partition coefficient (Wildman–Crippen LogP) is 3.33. The van der Waals surface area contributed by atoms with Crippen molar-refractivity contribution < 1.29 is 14.6 Å². The number of benzene rings is 2. The summed E-state index contributed by atoms with van der Waals surface area (Å²) in [7, 11) is 3.94. The van der Waals surface area contributed by atoms with Gasteiger partial charge in [0.2, 0.25) is 0 Å². The summed E-state index contributed by atoms with van der Waals surface area (Å²) in [5.74, 6) is 0.246. The molecule has 2 unspecified atom stereocenters. The molecule has 2 aromatic carbocycles. The van der Waals surface area contributed by atoms with E-state index in [1.807, 2.05) is 42.5 Å². The summed E-state index contributed by atoms with van der Waals surface area (Å²) >= 11 is 0.